The van der Waals surface area contributed by atoms with Crippen molar-refractivity contribution < 1.29 is 28.8 Å². The number of hydrogen-bond donors (Lipinski definition) is 3. The van der Waals surface area contributed by atoms with E-state index in [4.69, 9.17) is 4.74 Å². The lowest BCUT2D eigenvalue weighted by atomic mass is 9.97. The van der Waals surface area contributed by atoms with E-state index in [2.05, 4.69) is 31.2 Å². The molecule has 2 aromatic heterocycles. The first kappa shape index (κ1) is 22.2. The summed E-state index contributed by atoms with van der Waals surface area (Å²) in [5.41, 5.74) is -0.339. The van der Waals surface area contributed by atoms with Gasteiger partial charge in [0.05, 0.1) is 12.8 Å². The van der Waals surface area contributed by atoms with E-state index < -0.39 is 48.0 Å². The Bertz CT molecular complexity index is 1070. The van der Waals surface area contributed by atoms with E-state index in [0.29, 0.717) is 4.90 Å². The summed E-state index contributed by atoms with van der Waals surface area (Å²) in [5.74, 6) is -2.02. The first-order valence-corrected chi connectivity index (χ1v) is 10.8. The lowest BCUT2D eigenvalue weighted by Gasteiger charge is -2.41. The Morgan fingerprint density at radius 1 is 1.13 bits per heavy atom. The number of rotatable bonds is 5. The van der Waals surface area contributed by atoms with Gasteiger partial charge < -0.3 is 20.1 Å². The zero-order valence-corrected chi connectivity index (χ0v) is 18.1. The average Bonchev–Trinajstić information content (AvgIpc) is 3.22. The number of thioether (sulfide) groups is 1. The molecule has 1 fully saturated rings. The SMILES string of the molecule is OCC1O[C@H](Sc2cncc(Br)c2)C(O)[C@@H](n2cc(-c3ccc(F)c(F)c3)nn2)[C@H]1O. The molecule has 0 bridgehead atoms. The minimum atomic E-state index is -1.29. The third-order valence-electron chi connectivity index (χ3n) is 4.81. The maximum Gasteiger partial charge on any atom is 0.159 e. The van der Waals surface area contributed by atoms with Gasteiger partial charge in [-0.2, -0.15) is 0 Å². The zero-order chi connectivity index (χ0) is 22.1. The van der Waals surface area contributed by atoms with Crippen LogP contribution in [0.3, 0.4) is 0 Å². The summed E-state index contributed by atoms with van der Waals surface area (Å²) < 4.78 is 34.5. The average molecular weight is 515 g/mol. The second-order valence-electron chi connectivity index (χ2n) is 6.87. The van der Waals surface area contributed by atoms with Crippen molar-refractivity contribution >= 4 is 27.7 Å². The summed E-state index contributed by atoms with van der Waals surface area (Å²) in [6.07, 6.45) is 1.10. The smallest absolute Gasteiger partial charge is 0.159 e. The van der Waals surface area contributed by atoms with E-state index in [1.165, 1.54) is 28.7 Å². The summed E-state index contributed by atoms with van der Waals surface area (Å²) in [5, 5.41) is 39.2. The molecule has 164 valence electrons. The van der Waals surface area contributed by atoms with E-state index in [1.807, 2.05) is 0 Å². The van der Waals surface area contributed by atoms with Crippen LogP contribution in [0.4, 0.5) is 8.78 Å². The van der Waals surface area contributed by atoms with Crippen LogP contribution in [0, 0.1) is 11.6 Å². The van der Waals surface area contributed by atoms with Gasteiger partial charge in [0.15, 0.2) is 11.6 Å². The maximum absolute atomic E-state index is 13.6. The van der Waals surface area contributed by atoms with Gasteiger partial charge in [0.25, 0.3) is 0 Å². The van der Waals surface area contributed by atoms with Gasteiger partial charge in [-0.3, -0.25) is 4.98 Å². The predicted octanol–water partition coefficient (Wildman–Crippen LogP) is 2.15. The largest absolute Gasteiger partial charge is 0.394 e. The van der Waals surface area contributed by atoms with Crippen molar-refractivity contribution in [1.82, 2.24) is 20.0 Å². The van der Waals surface area contributed by atoms with Gasteiger partial charge >= 0.3 is 0 Å². The van der Waals surface area contributed by atoms with Gasteiger partial charge in [0.1, 0.15) is 35.5 Å². The molecular formula is C19H17BrF2N4O4S. The van der Waals surface area contributed by atoms with Crippen LogP contribution < -0.4 is 0 Å². The van der Waals surface area contributed by atoms with Crippen LogP contribution in [0.25, 0.3) is 11.3 Å². The molecule has 3 aromatic rings. The van der Waals surface area contributed by atoms with Crippen LogP contribution >= 0.6 is 27.7 Å². The molecular weight excluding hydrogens is 498 g/mol. The quantitative estimate of drug-likeness (QED) is 0.474. The van der Waals surface area contributed by atoms with Crippen LogP contribution in [0.1, 0.15) is 6.04 Å². The van der Waals surface area contributed by atoms with Gasteiger partial charge in [-0.15, -0.1) is 5.10 Å². The fourth-order valence-electron chi connectivity index (χ4n) is 3.28. The molecule has 0 saturated carbocycles. The summed E-state index contributed by atoms with van der Waals surface area (Å²) >= 11 is 4.50. The molecule has 1 saturated heterocycles. The summed E-state index contributed by atoms with van der Waals surface area (Å²) in [6.45, 7) is -0.483. The molecule has 3 heterocycles. The van der Waals surface area contributed by atoms with Crippen LogP contribution in [0.15, 0.2) is 52.2 Å². The zero-order valence-electron chi connectivity index (χ0n) is 15.7. The second kappa shape index (κ2) is 9.27. The van der Waals surface area contributed by atoms with Gasteiger partial charge in [-0.25, -0.2) is 13.5 Å². The molecule has 0 radical (unpaired) electrons. The highest BCUT2D eigenvalue weighted by Gasteiger charge is 2.46. The van der Waals surface area contributed by atoms with E-state index >= 15 is 0 Å². The Morgan fingerprint density at radius 2 is 1.94 bits per heavy atom. The number of benzene rings is 1. The van der Waals surface area contributed by atoms with E-state index in [0.717, 1.165) is 16.6 Å². The number of halogens is 3. The lowest BCUT2D eigenvalue weighted by molar-refractivity contribution is -0.178. The number of aliphatic hydroxyl groups is 3. The molecule has 1 aliphatic heterocycles. The minimum absolute atomic E-state index is 0.228. The Balaban J connectivity index is 1.62. The molecule has 1 aromatic carbocycles. The Morgan fingerprint density at radius 3 is 2.65 bits per heavy atom. The topological polar surface area (TPSA) is 114 Å². The van der Waals surface area contributed by atoms with Crippen LogP contribution in [0.2, 0.25) is 0 Å². The standard InChI is InChI=1S/C19H17BrF2N4O4S/c20-10-4-11(6-23-5-10)31-19-18(29)16(17(28)15(8-27)30-19)26-7-14(24-25-26)9-1-2-12(21)13(22)3-9/h1-7,15-19,27-29H,8H2/t15?,16-,17-,18?,19+/m0/s1. The molecule has 12 heteroatoms. The molecule has 8 nitrogen and oxygen atoms in total. The Kier molecular flexibility index (Phi) is 6.65. The van der Waals surface area contributed by atoms with Crippen molar-refractivity contribution in [2.75, 3.05) is 6.61 Å². The monoisotopic (exact) mass is 514 g/mol. The summed E-state index contributed by atoms with van der Waals surface area (Å²) in [6, 6.07) is 4.09. The predicted molar refractivity (Wildman–Crippen MR) is 110 cm³/mol. The number of hydrogen-bond acceptors (Lipinski definition) is 8. The number of aliphatic hydroxyl groups excluding tert-OH is 3. The number of ether oxygens (including phenoxy) is 1. The molecule has 3 N–H and O–H groups in total. The van der Waals surface area contributed by atoms with Crippen LogP contribution in [-0.2, 0) is 4.74 Å². The van der Waals surface area contributed by atoms with Crippen LogP contribution in [-0.4, -0.2) is 65.7 Å². The van der Waals surface area contributed by atoms with E-state index in [9.17, 15) is 24.1 Å². The normalized spacial score (nSPS) is 26.2. The fourth-order valence-corrected chi connectivity index (χ4v) is 4.88. The highest BCUT2D eigenvalue weighted by molar-refractivity contribution is 9.10. The van der Waals surface area contributed by atoms with E-state index in [-0.39, 0.29) is 11.3 Å². The summed E-state index contributed by atoms with van der Waals surface area (Å²) in [7, 11) is 0. The third kappa shape index (κ3) is 4.64. The molecule has 31 heavy (non-hydrogen) atoms. The van der Waals surface area contributed by atoms with Crippen molar-refractivity contribution in [2.45, 2.75) is 34.7 Å². The number of pyridine rings is 1. The molecule has 0 spiro atoms. The molecule has 1 aliphatic rings. The number of nitrogens with zero attached hydrogens (tertiary/aromatic N) is 4. The molecule has 0 amide bonds. The van der Waals surface area contributed by atoms with Crippen molar-refractivity contribution in [1.29, 1.82) is 0 Å². The van der Waals surface area contributed by atoms with Crippen LogP contribution in [0.5, 0.6) is 0 Å². The van der Waals surface area contributed by atoms with E-state index in [1.54, 1.807) is 18.5 Å². The number of aromatic nitrogens is 4. The Labute approximate surface area is 188 Å². The first-order chi connectivity index (χ1) is 14.9. The van der Waals surface area contributed by atoms with Gasteiger partial charge in [0, 0.05) is 27.3 Å². The maximum atomic E-state index is 13.6. The highest BCUT2D eigenvalue weighted by Crippen LogP contribution is 2.38. The molecule has 5 atom stereocenters. The van der Waals surface area contributed by atoms with Gasteiger partial charge in [-0.1, -0.05) is 17.0 Å². The minimum Gasteiger partial charge on any atom is -0.394 e. The Hall–Kier alpha value is -1.96. The van der Waals surface area contributed by atoms with Gasteiger partial charge in [0.2, 0.25) is 0 Å². The fraction of sp³-hybridized carbons (Fsp3) is 0.316. The lowest BCUT2D eigenvalue weighted by Crippen LogP contribution is -2.55. The van der Waals surface area contributed by atoms with Crippen molar-refractivity contribution in [3.63, 3.8) is 0 Å². The van der Waals surface area contributed by atoms with Crippen molar-refractivity contribution in [3.8, 4) is 11.3 Å². The van der Waals surface area contributed by atoms with Crippen molar-refractivity contribution in [2.24, 2.45) is 0 Å². The molecule has 0 aliphatic carbocycles. The first-order valence-electron chi connectivity index (χ1n) is 9.14. The van der Waals surface area contributed by atoms with Gasteiger partial charge in [-0.05, 0) is 40.2 Å². The highest BCUT2D eigenvalue weighted by atomic mass is 79.9. The molecule has 4 rings (SSSR count). The summed E-state index contributed by atoms with van der Waals surface area (Å²) in [4.78, 5) is 4.77. The second-order valence-corrected chi connectivity index (χ2v) is 8.95. The molecule has 2 unspecified atom stereocenters. The third-order valence-corrected chi connectivity index (χ3v) is 6.36. The van der Waals surface area contributed by atoms with Crippen molar-refractivity contribution in [3.05, 3.63) is 59.0 Å².